The van der Waals surface area contributed by atoms with Crippen molar-refractivity contribution in [3.05, 3.63) is 24.2 Å². The number of fused-ring (bicyclic) bond motifs is 1. The van der Waals surface area contributed by atoms with Crippen molar-refractivity contribution in [2.45, 2.75) is 13.0 Å². The molecule has 0 bridgehead atoms. The molecule has 0 aromatic carbocycles. The van der Waals surface area contributed by atoms with Crippen LogP contribution in [0.3, 0.4) is 0 Å². The Balaban J connectivity index is 2.24. The molecule has 0 saturated carbocycles. The van der Waals surface area contributed by atoms with Crippen LogP contribution in [0.1, 0.15) is 5.69 Å². The van der Waals surface area contributed by atoms with Crippen molar-refractivity contribution in [1.29, 1.82) is 0 Å². The van der Waals surface area contributed by atoms with Gasteiger partial charge in [0.05, 0.1) is 18.4 Å². The summed E-state index contributed by atoms with van der Waals surface area (Å²) in [6.07, 6.45) is 2.98. The molecular formula is C12H18N4O2. The van der Waals surface area contributed by atoms with E-state index in [9.17, 15) is 5.11 Å². The van der Waals surface area contributed by atoms with E-state index in [4.69, 9.17) is 4.74 Å². The first-order valence-electron chi connectivity index (χ1n) is 5.81. The van der Waals surface area contributed by atoms with Crippen molar-refractivity contribution >= 4 is 11.3 Å². The van der Waals surface area contributed by atoms with E-state index in [1.54, 1.807) is 17.8 Å². The lowest BCUT2D eigenvalue weighted by atomic mass is 10.3. The lowest BCUT2D eigenvalue weighted by Crippen LogP contribution is -2.32. The first-order valence-corrected chi connectivity index (χ1v) is 5.81. The molecule has 2 aromatic rings. The molecule has 1 N–H and O–H groups in total. The van der Waals surface area contributed by atoms with E-state index >= 15 is 0 Å². The lowest BCUT2D eigenvalue weighted by Gasteiger charge is -2.21. The second kappa shape index (κ2) is 5.32. The highest BCUT2D eigenvalue weighted by atomic mass is 16.5. The summed E-state index contributed by atoms with van der Waals surface area (Å²) in [7, 11) is 3.46. The summed E-state index contributed by atoms with van der Waals surface area (Å²) in [5, 5.41) is 14.1. The Morgan fingerprint density at radius 3 is 3.06 bits per heavy atom. The minimum absolute atomic E-state index is 0.311. The molecule has 0 saturated heterocycles. The molecule has 0 aliphatic rings. The van der Waals surface area contributed by atoms with Gasteiger partial charge in [0.25, 0.3) is 0 Å². The normalized spacial score (nSPS) is 12.9. The van der Waals surface area contributed by atoms with Gasteiger partial charge in [-0.1, -0.05) is 0 Å². The largest absolute Gasteiger partial charge is 0.389 e. The topological polar surface area (TPSA) is 62.9 Å². The Bertz CT molecular complexity index is 526. The van der Waals surface area contributed by atoms with Gasteiger partial charge in [0.2, 0.25) is 0 Å². The molecule has 2 heterocycles. The maximum Gasteiger partial charge on any atom is 0.154 e. The van der Waals surface area contributed by atoms with Crippen LogP contribution in [0.15, 0.2) is 18.5 Å². The van der Waals surface area contributed by atoms with Gasteiger partial charge in [-0.15, -0.1) is 0 Å². The number of aliphatic hydroxyl groups excluding tert-OH is 1. The van der Waals surface area contributed by atoms with Crippen LogP contribution in [0.5, 0.6) is 0 Å². The van der Waals surface area contributed by atoms with E-state index in [1.165, 1.54) is 0 Å². The third-order valence-corrected chi connectivity index (χ3v) is 2.70. The predicted molar refractivity (Wildman–Crippen MR) is 68.9 cm³/mol. The zero-order valence-electron chi connectivity index (χ0n) is 10.9. The van der Waals surface area contributed by atoms with E-state index in [0.717, 1.165) is 17.0 Å². The minimum Gasteiger partial charge on any atom is -0.389 e. The van der Waals surface area contributed by atoms with Gasteiger partial charge < -0.3 is 14.7 Å². The maximum atomic E-state index is 9.74. The molecule has 6 heteroatoms. The van der Waals surface area contributed by atoms with Crippen LogP contribution < -0.4 is 4.90 Å². The van der Waals surface area contributed by atoms with Gasteiger partial charge in [-0.05, 0) is 13.0 Å². The van der Waals surface area contributed by atoms with Crippen molar-refractivity contribution < 1.29 is 9.84 Å². The van der Waals surface area contributed by atoms with Crippen LogP contribution in [-0.2, 0) is 4.74 Å². The second-order valence-electron chi connectivity index (χ2n) is 4.36. The second-order valence-corrected chi connectivity index (χ2v) is 4.36. The Kier molecular flexibility index (Phi) is 3.78. The Morgan fingerprint density at radius 2 is 2.33 bits per heavy atom. The van der Waals surface area contributed by atoms with Gasteiger partial charge in [0, 0.05) is 33.1 Å². The fourth-order valence-corrected chi connectivity index (χ4v) is 1.97. The average Bonchev–Trinajstić information content (AvgIpc) is 2.68. The molecule has 0 spiro atoms. The Hall–Kier alpha value is -1.66. The van der Waals surface area contributed by atoms with Crippen LogP contribution in [0.2, 0.25) is 0 Å². The van der Waals surface area contributed by atoms with E-state index in [0.29, 0.717) is 13.2 Å². The van der Waals surface area contributed by atoms with E-state index in [1.807, 2.05) is 31.1 Å². The fraction of sp³-hybridized carbons (Fsp3) is 0.500. The van der Waals surface area contributed by atoms with Crippen molar-refractivity contribution in [3.8, 4) is 0 Å². The molecule has 2 rings (SSSR count). The number of hydrogen-bond donors (Lipinski definition) is 1. The first kappa shape index (κ1) is 12.8. The molecule has 0 aliphatic carbocycles. The highest BCUT2D eigenvalue weighted by Gasteiger charge is 2.13. The van der Waals surface area contributed by atoms with Gasteiger partial charge in [0.1, 0.15) is 5.52 Å². The smallest absolute Gasteiger partial charge is 0.154 e. The number of ether oxygens (including phenoxy) is 1. The van der Waals surface area contributed by atoms with Crippen LogP contribution in [0.25, 0.3) is 5.52 Å². The number of nitrogens with zero attached hydrogens (tertiary/aromatic N) is 4. The van der Waals surface area contributed by atoms with E-state index in [2.05, 4.69) is 10.1 Å². The van der Waals surface area contributed by atoms with Gasteiger partial charge in [0.15, 0.2) is 5.82 Å². The maximum absolute atomic E-state index is 9.74. The highest BCUT2D eigenvalue weighted by Crippen LogP contribution is 2.18. The van der Waals surface area contributed by atoms with Gasteiger partial charge in [-0.25, -0.2) is 9.50 Å². The molecule has 0 aliphatic heterocycles. The van der Waals surface area contributed by atoms with Gasteiger partial charge >= 0.3 is 0 Å². The van der Waals surface area contributed by atoms with Crippen LogP contribution in [-0.4, -0.2) is 53.1 Å². The Labute approximate surface area is 106 Å². The van der Waals surface area contributed by atoms with Crippen molar-refractivity contribution in [3.63, 3.8) is 0 Å². The van der Waals surface area contributed by atoms with E-state index < -0.39 is 6.10 Å². The van der Waals surface area contributed by atoms with E-state index in [-0.39, 0.29) is 0 Å². The number of aromatic nitrogens is 3. The summed E-state index contributed by atoms with van der Waals surface area (Å²) in [4.78, 5) is 6.25. The standard InChI is InChI=1S/C12H18N4O2/c1-9-6-11-12(13-4-5-16(11)14-9)15(2)7-10(17)8-18-3/h4-6,10,17H,7-8H2,1-3H3. The summed E-state index contributed by atoms with van der Waals surface area (Å²) in [6.45, 7) is 2.72. The molecule has 18 heavy (non-hydrogen) atoms. The molecular weight excluding hydrogens is 232 g/mol. The molecule has 98 valence electrons. The fourth-order valence-electron chi connectivity index (χ4n) is 1.97. The number of aliphatic hydroxyl groups is 1. The molecule has 0 amide bonds. The summed E-state index contributed by atoms with van der Waals surface area (Å²) in [5.74, 6) is 0.799. The predicted octanol–water partition coefficient (Wildman–Crippen LogP) is 0.481. The summed E-state index contributed by atoms with van der Waals surface area (Å²) in [6, 6.07) is 1.97. The van der Waals surface area contributed by atoms with Crippen LogP contribution >= 0.6 is 0 Å². The number of rotatable bonds is 5. The number of anilines is 1. The summed E-state index contributed by atoms with van der Waals surface area (Å²) in [5.41, 5.74) is 1.87. The molecule has 1 atom stereocenters. The van der Waals surface area contributed by atoms with Crippen molar-refractivity contribution in [1.82, 2.24) is 14.6 Å². The zero-order valence-corrected chi connectivity index (χ0v) is 10.9. The highest BCUT2D eigenvalue weighted by molar-refractivity contribution is 5.68. The monoisotopic (exact) mass is 250 g/mol. The third kappa shape index (κ3) is 2.60. The zero-order chi connectivity index (χ0) is 13.1. The lowest BCUT2D eigenvalue weighted by molar-refractivity contribution is 0.0694. The molecule has 2 aromatic heterocycles. The van der Waals surface area contributed by atoms with Crippen molar-refractivity contribution in [2.24, 2.45) is 0 Å². The quantitative estimate of drug-likeness (QED) is 0.836. The summed E-state index contributed by atoms with van der Waals surface area (Å²) < 4.78 is 6.71. The summed E-state index contributed by atoms with van der Waals surface area (Å²) >= 11 is 0. The van der Waals surface area contributed by atoms with Crippen molar-refractivity contribution in [2.75, 3.05) is 32.2 Å². The van der Waals surface area contributed by atoms with Gasteiger partial charge in [-0.2, -0.15) is 5.10 Å². The number of methoxy groups -OCH3 is 1. The molecule has 0 fully saturated rings. The average molecular weight is 250 g/mol. The van der Waals surface area contributed by atoms with Gasteiger partial charge in [-0.3, -0.25) is 0 Å². The third-order valence-electron chi connectivity index (χ3n) is 2.70. The number of aryl methyl sites for hydroxylation is 1. The first-order chi connectivity index (χ1) is 8.61. The minimum atomic E-state index is -0.536. The van der Waals surface area contributed by atoms with Crippen LogP contribution in [0, 0.1) is 6.92 Å². The molecule has 1 unspecified atom stereocenters. The number of hydrogen-bond acceptors (Lipinski definition) is 5. The Morgan fingerprint density at radius 1 is 1.56 bits per heavy atom. The van der Waals surface area contributed by atoms with Crippen LogP contribution in [0.4, 0.5) is 5.82 Å². The number of likely N-dealkylation sites (N-methyl/N-ethyl adjacent to an activating group) is 1. The molecule has 6 nitrogen and oxygen atoms in total. The molecule has 0 radical (unpaired) electrons. The SMILES string of the molecule is COCC(O)CN(C)c1nccn2nc(C)cc12.